The SMILES string of the molecule is COc1cc2ccccc2cc1C(=O)Nc1ccccc1C(=O)N1CCCCCC1. The lowest BCUT2D eigenvalue weighted by atomic mass is 10.0. The summed E-state index contributed by atoms with van der Waals surface area (Å²) < 4.78 is 5.46. The van der Waals surface area contributed by atoms with E-state index in [0.29, 0.717) is 22.6 Å². The average Bonchev–Trinajstić information content (AvgIpc) is 3.07. The van der Waals surface area contributed by atoms with Gasteiger partial charge in [0.05, 0.1) is 23.9 Å². The van der Waals surface area contributed by atoms with Crippen molar-refractivity contribution in [3.05, 3.63) is 71.8 Å². The second-order valence-corrected chi connectivity index (χ2v) is 7.61. The standard InChI is InChI=1S/C25H26N2O3/c1-30-23-17-19-11-5-4-10-18(19)16-21(23)24(28)26-22-13-7-6-12-20(22)25(29)27-14-8-2-3-9-15-27/h4-7,10-13,16-17H,2-3,8-9,14-15H2,1H3,(H,26,28). The van der Waals surface area contributed by atoms with Crippen LogP contribution < -0.4 is 10.1 Å². The number of benzene rings is 3. The first kappa shape index (κ1) is 20.0. The predicted octanol–water partition coefficient (Wildman–Crippen LogP) is 5.12. The van der Waals surface area contributed by atoms with Crippen LogP contribution in [0.1, 0.15) is 46.4 Å². The van der Waals surface area contributed by atoms with E-state index in [4.69, 9.17) is 4.74 Å². The molecule has 4 rings (SSSR count). The van der Waals surface area contributed by atoms with E-state index < -0.39 is 0 Å². The average molecular weight is 402 g/mol. The number of hydrogen-bond donors (Lipinski definition) is 1. The smallest absolute Gasteiger partial charge is 0.259 e. The van der Waals surface area contributed by atoms with Crippen LogP contribution >= 0.6 is 0 Å². The Bertz CT molecular complexity index is 1070. The monoisotopic (exact) mass is 402 g/mol. The Hall–Kier alpha value is -3.34. The molecule has 1 heterocycles. The van der Waals surface area contributed by atoms with Gasteiger partial charge < -0.3 is 15.0 Å². The molecule has 1 saturated heterocycles. The summed E-state index contributed by atoms with van der Waals surface area (Å²) >= 11 is 0. The van der Waals surface area contributed by atoms with Crippen molar-refractivity contribution < 1.29 is 14.3 Å². The molecular weight excluding hydrogens is 376 g/mol. The van der Waals surface area contributed by atoms with E-state index in [-0.39, 0.29) is 11.8 Å². The van der Waals surface area contributed by atoms with E-state index in [9.17, 15) is 9.59 Å². The highest BCUT2D eigenvalue weighted by atomic mass is 16.5. The Balaban J connectivity index is 1.63. The molecule has 5 nitrogen and oxygen atoms in total. The fourth-order valence-electron chi connectivity index (χ4n) is 3.98. The van der Waals surface area contributed by atoms with Gasteiger partial charge in [-0.1, -0.05) is 49.2 Å². The summed E-state index contributed by atoms with van der Waals surface area (Å²) in [5.74, 6) is 0.175. The van der Waals surface area contributed by atoms with Gasteiger partial charge in [0.15, 0.2) is 0 Å². The Morgan fingerprint density at radius 2 is 1.47 bits per heavy atom. The van der Waals surface area contributed by atoms with Crippen LogP contribution in [0.4, 0.5) is 5.69 Å². The molecular formula is C25H26N2O3. The molecule has 5 heteroatoms. The third-order valence-electron chi connectivity index (χ3n) is 5.61. The lowest BCUT2D eigenvalue weighted by molar-refractivity contribution is 0.0762. The molecule has 3 aromatic carbocycles. The predicted molar refractivity (Wildman–Crippen MR) is 119 cm³/mol. The number of rotatable bonds is 4. The molecule has 1 fully saturated rings. The normalized spacial score (nSPS) is 14.2. The number of amides is 2. The van der Waals surface area contributed by atoms with E-state index in [0.717, 1.165) is 49.5 Å². The Labute approximate surface area is 176 Å². The van der Waals surface area contributed by atoms with Gasteiger partial charge in [-0.2, -0.15) is 0 Å². The first-order valence-corrected chi connectivity index (χ1v) is 10.4. The van der Waals surface area contributed by atoms with Gasteiger partial charge in [-0.25, -0.2) is 0 Å². The lowest BCUT2D eigenvalue weighted by Gasteiger charge is -2.22. The van der Waals surface area contributed by atoms with Crippen molar-refractivity contribution in [3.63, 3.8) is 0 Å². The number of hydrogen-bond acceptors (Lipinski definition) is 3. The summed E-state index contributed by atoms with van der Waals surface area (Å²) in [6.07, 6.45) is 4.36. The summed E-state index contributed by atoms with van der Waals surface area (Å²) in [7, 11) is 1.55. The Morgan fingerprint density at radius 3 is 2.17 bits per heavy atom. The second-order valence-electron chi connectivity index (χ2n) is 7.61. The summed E-state index contributed by atoms with van der Waals surface area (Å²) in [6.45, 7) is 1.53. The fraction of sp³-hybridized carbons (Fsp3) is 0.280. The van der Waals surface area contributed by atoms with Crippen LogP contribution in [-0.2, 0) is 0 Å². The summed E-state index contributed by atoms with van der Waals surface area (Å²) in [5, 5.41) is 4.89. The molecule has 2 amide bonds. The minimum Gasteiger partial charge on any atom is -0.496 e. The quantitative estimate of drug-likeness (QED) is 0.659. The van der Waals surface area contributed by atoms with E-state index >= 15 is 0 Å². The van der Waals surface area contributed by atoms with Crippen molar-refractivity contribution in [1.29, 1.82) is 0 Å². The number of ether oxygens (including phenoxy) is 1. The van der Waals surface area contributed by atoms with Crippen LogP contribution in [0.5, 0.6) is 5.75 Å². The van der Waals surface area contributed by atoms with Crippen LogP contribution in [0, 0.1) is 0 Å². The molecule has 0 aliphatic carbocycles. The number of methoxy groups -OCH3 is 1. The van der Waals surface area contributed by atoms with Gasteiger partial charge in [-0.05, 0) is 47.9 Å². The summed E-state index contributed by atoms with van der Waals surface area (Å²) in [6, 6.07) is 18.7. The fourth-order valence-corrected chi connectivity index (χ4v) is 3.98. The molecule has 3 aromatic rings. The number of likely N-dealkylation sites (tertiary alicyclic amines) is 1. The number of fused-ring (bicyclic) bond motifs is 1. The van der Waals surface area contributed by atoms with Crippen molar-refractivity contribution in [2.45, 2.75) is 25.7 Å². The molecule has 0 radical (unpaired) electrons. The van der Waals surface area contributed by atoms with Crippen LogP contribution in [0.2, 0.25) is 0 Å². The zero-order valence-corrected chi connectivity index (χ0v) is 17.2. The molecule has 0 aromatic heterocycles. The van der Waals surface area contributed by atoms with Gasteiger partial charge in [0, 0.05) is 13.1 Å². The first-order valence-electron chi connectivity index (χ1n) is 10.4. The zero-order chi connectivity index (χ0) is 20.9. The van der Waals surface area contributed by atoms with E-state index in [2.05, 4.69) is 5.32 Å². The highest BCUT2D eigenvalue weighted by Gasteiger charge is 2.22. The maximum Gasteiger partial charge on any atom is 0.259 e. The number of nitrogens with one attached hydrogen (secondary N) is 1. The van der Waals surface area contributed by atoms with Crippen LogP contribution in [-0.4, -0.2) is 36.9 Å². The number of carbonyl (C=O) groups is 2. The third-order valence-corrected chi connectivity index (χ3v) is 5.61. The van der Waals surface area contributed by atoms with Crippen LogP contribution in [0.25, 0.3) is 10.8 Å². The second kappa shape index (κ2) is 8.99. The van der Waals surface area contributed by atoms with Gasteiger partial charge in [0.2, 0.25) is 0 Å². The molecule has 0 saturated carbocycles. The Kier molecular flexibility index (Phi) is 5.98. The van der Waals surface area contributed by atoms with Crippen molar-refractivity contribution in [2.24, 2.45) is 0 Å². The summed E-state index contributed by atoms with van der Waals surface area (Å²) in [4.78, 5) is 28.2. The molecule has 1 aliphatic rings. The maximum atomic E-state index is 13.1. The van der Waals surface area contributed by atoms with Gasteiger partial charge in [0.1, 0.15) is 5.75 Å². The van der Waals surface area contributed by atoms with Gasteiger partial charge in [-0.3, -0.25) is 9.59 Å². The minimum absolute atomic E-state index is 0.0294. The Morgan fingerprint density at radius 1 is 0.833 bits per heavy atom. The minimum atomic E-state index is -0.297. The van der Waals surface area contributed by atoms with E-state index in [1.165, 1.54) is 0 Å². The number of para-hydroxylation sites is 1. The van der Waals surface area contributed by atoms with Crippen molar-refractivity contribution in [2.75, 3.05) is 25.5 Å². The molecule has 0 spiro atoms. The third kappa shape index (κ3) is 4.15. The molecule has 30 heavy (non-hydrogen) atoms. The van der Waals surface area contributed by atoms with Crippen molar-refractivity contribution in [1.82, 2.24) is 4.90 Å². The molecule has 1 aliphatic heterocycles. The highest BCUT2D eigenvalue weighted by molar-refractivity contribution is 6.11. The number of nitrogens with zero attached hydrogens (tertiary/aromatic N) is 1. The lowest BCUT2D eigenvalue weighted by Crippen LogP contribution is -2.32. The van der Waals surface area contributed by atoms with Crippen LogP contribution in [0.3, 0.4) is 0 Å². The maximum absolute atomic E-state index is 13.1. The molecule has 0 bridgehead atoms. The van der Waals surface area contributed by atoms with Crippen molar-refractivity contribution in [3.8, 4) is 5.75 Å². The topological polar surface area (TPSA) is 58.6 Å². The largest absolute Gasteiger partial charge is 0.496 e. The molecule has 1 N–H and O–H groups in total. The van der Waals surface area contributed by atoms with E-state index in [1.807, 2.05) is 53.4 Å². The van der Waals surface area contributed by atoms with Crippen LogP contribution in [0.15, 0.2) is 60.7 Å². The number of anilines is 1. The zero-order valence-electron chi connectivity index (χ0n) is 17.2. The number of carbonyl (C=O) groups excluding carboxylic acids is 2. The molecule has 0 unspecified atom stereocenters. The van der Waals surface area contributed by atoms with Gasteiger partial charge in [-0.15, -0.1) is 0 Å². The molecule has 154 valence electrons. The van der Waals surface area contributed by atoms with Gasteiger partial charge >= 0.3 is 0 Å². The van der Waals surface area contributed by atoms with E-state index in [1.54, 1.807) is 19.2 Å². The van der Waals surface area contributed by atoms with Crippen molar-refractivity contribution >= 4 is 28.3 Å². The van der Waals surface area contributed by atoms with Gasteiger partial charge in [0.25, 0.3) is 11.8 Å². The first-order chi connectivity index (χ1) is 14.7. The highest BCUT2D eigenvalue weighted by Crippen LogP contribution is 2.28. The summed E-state index contributed by atoms with van der Waals surface area (Å²) in [5.41, 5.74) is 1.48. The molecule has 0 atom stereocenters.